The summed E-state index contributed by atoms with van der Waals surface area (Å²) in [6.07, 6.45) is 3.40. The lowest BCUT2D eigenvalue weighted by Crippen LogP contribution is -2.63. The van der Waals surface area contributed by atoms with Crippen LogP contribution in [0.4, 0.5) is 0 Å². The van der Waals surface area contributed by atoms with Crippen LogP contribution in [0.3, 0.4) is 0 Å². The van der Waals surface area contributed by atoms with Crippen molar-refractivity contribution < 1.29 is 9.59 Å². The molecule has 1 N–H and O–H groups in total. The van der Waals surface area contributed by atoms with Gasteiger partial charge in [0.1, 0.15) is 12.1 Å². The summed E-state index contributed by atoms with van der Waals surface area (Å²) in [5.41, 5.74) is 0.900. The monoisotopic (exact) mass is 339 g/mol. The Hall–Kier alpha value is -1.43. The average molecular weight is 340 g/mol. The fourth-order valence-electron chi connectivity index (χ4n) is 2.25. The third-order valence-corrected chi connectivity index (χ3v) is 3.91. The zero-order valence-electron chi connectivity index (χ0n) is 11.8. The molecule has 1 aromatic rings. The minimum Gasteiger partial charge on any atom is -0.342 e. The van der Waals surface area contributed by atoms with Gasteiger partial charge in [0.25, 0.3) is 0 Å². The Kier molecular flexibility index (Phi) is 4.42. The number of carbonyl (C=O) groups is 2. The average Bonchev–Trinajstić information content (AvgIpc) is 2.38. The number of aromatic nitrogens is 1. The minimum absolute atomic E-state index is 0.0351. The Labute approximate surface area is 126 Å². The first-order valence-corrected chi connectivity index (χ1v) is 7.39. The zero-order valence-corrected chi connectivity index (χ0v) is 13.3. The second-order valence-corrected chi connectivity index (χ2v) is 6.30. The largest absolute Gasteiger partial charge is 0.342 e. The van der Waals surface area contributed by atoms with Gasteiger partial charge in [-0.1, -0.05) is 13.8 Å². The molecule has 0 bridgehead atoms. The molecule has 2 unspecified atom stereocenters. The highest BCUT2D eigenvalue weighted by Gasteiger charge is 2.39. The quantitative estimate of drug-likeness (QED) is 0.911. The molecule has 0 radical (unpaired) electrons. The first-order valence-electron chi connectivity index (χ1n) is 6.60. The standard InChI is InChI=1S/C14H18BrN3O2/c1-8(2)12-14(20)18(9(3)13(19)17-12)7-10-4-11(15)6-16-5-10/h4-6,8-9,12H,7H2,1-3H3,(H,17,19). The zero-order chi connectivity index (χ0) is 14.9. The summed E-state index contributed by atoms with van der Waals surface area (Å²) in [7, 11) is 0. The molecule has 108 valence electrons. The lowest BCUT2D eigenvalue weighted by Gasteiger charge is -2.38. The molecule has 2 rings (SSSR count). The van der Waals surface area contributed by atoms with Crippen molar-refractivity contribution in [3.63, 3.8) is 0 Å². The molecule has 1 saturated heterocycles. The summed E-state index contributed by atoms with van der Waals surface area (Å²) in [5.74, 6) is -0.0691. The maximum absolute atomic E-state index is 12.5. The highest BCUT2D eigenvalue weighted by molar-refractivity contribution is 9.10. The first-order chi connectivity index (χ1) is 9.40. The van der Waals surface area contributed by atoms with E-state index in [1.54, 1.807) is 24.2 Å². The van der Waals surface area contributed by atoms with Gasteiger partial charge >= 0.3 is 0 Å². The molecule has 5 nitrogen and oxygen atoms in total. The first kappa shape index (κ1) is 15.0. The third kappa shape index (κ3) is 3.00. The molecule has 0 spiro atoms. The molecule has 1 aliphatic heterocycles. The van der Waals surface area contributed by atoms with Crippen molar-refractivity contribution in [3.05, 3.63) is 28.5 Å². The summed E-state index contributed by atoms with van der Waals surface area (Å²) in [4.78, 5) is 30.2. The predicted molar refractivity (Wildman–Crippen MR) is 78.7 cm³/mol. The van der Waals surface area contributed by atoms with E-state index in [2.05, 4.69) is 26.2 Å². The number of hydrogen-bond donors (Lipinski definition) is 1. The van der Waals surface area contributed by atoms with E-state index in [1.807, 2.05) is 19.9 Å². The van der Waals surface area contributed by atoms with E-state index < -0.39 is 12.1 Å². The van der Waals surface area contributed by atoms with Gasteiger partial charge in [-0.15, -0.1) is 0 Å². The summed E-state index contributed by atoms with van der Waals surface area (Å²) in [5, 5.41) is 2.79. The van der Waals surface area contributed by atoms with Gasteiger partial charge < -0.3 is 10.2 Å². The van der Waals surface area contributed by atoms with E-state index in [-0.39, 0.29) is 17.7 Å². The summed E-state index contributed by atoms with van der Waals surface area (Å²) in [6.45, 7) is 5.99. The maximum Gasteiger partial charge on any atom is 0.246 e. The second kappa shape index (κ2) is 5.91. The van der Waals surface area contributed by atoms with Crippen molar-refractivity contribution in [2.75, 3.05) is 0 Å². The number of nitrogens with one attached hydrogen (secondary N) is 1. The van der Waals surface area contributed by atoms with E-state index >= 15 is 0 Å². The van der Waals surface area contributed by atoms with Crippen LogP contribution in [0.5, 0.6) is 0 Å². The number of hydrogen-bond acceptors (Lipinski definition) is 3. The second-order valence-electron chi connectivity index (χ2n) is 5.38. The predicted octanol–water partition coefficient (Wildman–Crippen LogP) is 1.72. The number of pyridine rings is 1. The highest BCUT2D eigenvalue weighted by Crippen LogP contribution is 2.19. The molecule has 0 aromatic carbocycles. The molecule has 6 heteroatoms. The van der Waals surface area contributed by atoms with E-state index in [1.165, 1.54) is 0 Å². The van der Waals surface area contributed by atoms with Crippen molar-refractivity contribution >= 4 is 27.7 Å². The Bertz CT molecular complexity index is 533. The van der Waals surface area contributed by atoms with Gasteiger partial charge in [-0.25, -0.2) is 0 Å². The molecule has 1 fully saturated rings. The third-order valence-electron chi connectivity index (χ3n) is 3.47. The van der Waals surface area contributed by atoms with E-state index in [9.17, 15) is 9.59 Å². The van der Waals surface area contributed by atoms with Crippen LogP contribution < -0.4 is 5.32 Å². The van der Waals surface area contributed by atoms with E-state index in [4.69, 9.17) is 0 Å². The van der Waals surface area contributed by atoms with Crippen molar-refractivity contribution in [2.24, 2.45) is 5.92 Å². The molecule has 2 heterocycles. The number of piperazine rings is 1. The summed E-state index contributed by atoms with van der Waals surface area (Å²) >= 11 is 3.36. The van der Waals surface area contributed by atoms with Gasteiger partial charge in [-0.05, 0) is 40.4 Å². The molecule has 1 aliphatic rings. The summed E-state index contributed by atoms with van der Waals surface area (Å²) in [6, 6.07) is 1.000. The molecule has 2 atom stereocenters. The number of carbonyl (C=O) groups excluding carboxylic acids is 2. The molecule has 1 aromatic heterocycles. The number of amides is 2. The SMILES string of the molecule is CC(C)C1NC(=O)C(C)N(Cc2cncc(Br)c2)C1=O. The molecule has 2 amide bonds. The molecular weight excluding hydrogens is 322 g/mol. The Balaban J connectivity index is 2.23. The van der Waals surface area contributed by atoms with Crippen LogP contribution >= 0.6 is 15.9 Å². The molecular formula is C14H18BrN3O2. The van der Waals surface area contributed by atoms with Gasteiger partial charge in [-0.2, -0.15) is 0 Å². The summed E-state index contributed by atoms with van der Waals surface area (Å²) < 4.78 is 0.858. The van der Waals surface area contributed by atoms with Gasteiger partial charge in [0.15, 0.2) is 0 Å². The van der Waals surface area contributed by atoms with Gasteiger partial charge in [0.05, 0.1) is 0 Å². The Morgan fingerprint density at radius 1 is 1.40 bits per heavy atom. The van der Waals surface area contributed by atoms with Crippen molar-refractivity contribution in [1.29, 1.82) is 0 Å². The van der Waals surface area contributed by atoms with E-state index in [0.29, 0.717) is 6.54 Å². The molecule has 0 saturated carbocycles. The lowest BCUT2D eigenvalue weighted by atomic mass is 9.98. The minimum atomic E-state index is -0.462. The fraction of sp³-hybridized carbons (Fsp3) is 0.500. The smallest absolute Gasteiger partial charge is 0.246 e. The van der Waals surface area contributed by atoms with Gasteiger partial charge in [0.2, 0.25) is 11.8 Å². The number of halogens is 1. The fourth-order valence-corrected chi connectivity index (χ4v) is 2.66. The van der Waals surface area contributed by atoms with E-state index in [0.717, 1.165) is 10.0 Å². The lowest BCUT2D eigenvalue weighted by molar-refractivity contribution is -0.150. The van der Waals surface area contributed by atoms with Crippen LogP contribution in [0.2, 0.25) is 0 Å². The topological polar surface area (TPSA) is 62.3 Å². The number of nitrogens with zero attached hydrogens (tertiary/aromatic N) is 2. The van der Waals surface area contributed by atoms with Crippen molar-refractivity contribution in [3.8, 4) is 0 Å². The van der Waals surface area contributed by atoms with Gasteiger partial charge in [0, 0.05) is 23.4 Å². The van der Waals surface area contributed by atoms with Gasteiger partial charge in [-0.3, -0.25) is 14.6 Å². The Morgan fingerprint density at radius 2 is 2.10 bits per heavy atom. The van der Waals surface area contributed by atoms with Crippen LogP contribution in [-0.2, 0) is 16.1 Å². The maximum atomic E-state index is 12.5. The van der Waals surface area contributed by atoms with Crippen LogP contribution in [0.1, 0.15) is 26.3 Å². The molecule has 0 aliphatic carbocycles. The van der Waals surface area contributed by atoms with Crippen molar-refractivity contribution in [2.45, 2.75) is 39.4 Å². The highest BCUT2D eigenvalue weighted by atomic mass is 79.9. The Morgan fingerprint density at radius 3 is 2.70 bits per heavy atom. The van der Waals surface area contributed by atoms with Crippen LogP contribution in [0.25, 0.3) is 0 Å². The van der Waals surface area contributed by atoms with Crippen LogP contribution in [-0.4, -0.2) is 33.8 Å². The molecule has 20 heavy (non-hydrogen) atoms. The van der Waals surface area contributed by atoms with Crippen LogP contribution in [0, 0.1) is 5.92 Å². The van der Waals surface area contributed by atoms with Crippen molar-refractivity contribution in [1.82, 2.24) is 15.2 Å². The number of rotatable bonds is 3. The van der Waals surface area contributed by atoms with Crippen LogP contribution in [0.15, 0.2) is 22.9 Å². The normalized spacial score (nSPS) is 23.1.